The molecule has 10 heteroatoms. The number of carbonyl (C=O) groups excluding carboxylic acids is 2. The number of benzene rings is 2. The molecule has 0 atom stereocenters. The smallest absolute Gasteiger partial charge is 0.262 e. The Balaban J connectivity index is 0.000000186. The molecule has 178 valence electrons. The standard InChI is InChI=1S/C12H16N2O3.C11H12BrNO3/c1-13-5-2-6-16-9-3-4-11-10(7-9)14-12(15)8-17-11;12-4-1-5-15-8-2-3-10-9(6-8)13-11(14)7-16-10/h3-4,7,13H,2,5-6,8H2,1H3,(H,14,15);2-3,6H,1,4-5,7H2,(H,13,14). The molecule has 0 spiro atoms. The van der Waals surface area contributed by atoms with Gasteiger partial charge in [0.1, 0.15) is 23.0 Å². The first-order chi connectivity index (χ1) is 16.1. The van der Waals surface area contributed by atoms with E-state index in [4.69, 9.17) is 18.9 Å². The predicted molar refractivity (Wildman–Crippen MR) is 129 cm³/mol. The Morgan fingerprint density at radius 1 is 0.879 bits per heavy atom. The van der Waals surface area contributed by atoms with Gasteiger partial charge in [-0.05, 0) is 50.7 Å². The van der Waals surface area contributed by atoms with Gasteiger partial charge in [0.25, 0.3) is 11.8 Å². The molecule has 2 aliphatic heterocycles. The average Bonchev–Trinajstić information content (AvgIpc) is 2.82. The zero-order valence-electron chi connectivity index (χ0n) is 18.4. The maximum absolute atomic E-state index is 11.2. The van der Waals surface area contributed by atoms with Crippen LogP contribution in [0, 0.1) is 0 Å². The van der Waals surface area contributed by atoms with E-state index in [0.29, 0.717) is 36.1 Å². The van der Waals surface area contributed by atoms with E-state index in [-0.39, 0.29) is 25.0 Å². The van der Waals surface area contributed by atoms with Gasteiger partial charge in [-0.25, -0.2) is 0 Å². The van der Waals surface area contributed by atoms with E-state index in [1.807, 2.05) is 25.2 Å². The number of carbonyl (C=O) groups is 2. The fraction of sp³-hybridized carbons (Fsp3) is 0.391. The van der Waals surface area contributed by atoms with Crippen molar-refractivity contribution >= 4 is 39.1 Å². The summed E-state index contributed by atoms with van der Waals surface area (Å²) in [6.07, 6.45) is 1.89. The third-order valence-electron chi connectivity index (χ3n) is 4.55. The number of alkyl halides is 1. The van der Waals surface area contributed by atoms with E-state index in [1.165, 1.54) is 0 Å². The number of ether oxygens (including phenoxy) is 4. The molecular formula is C23H28BrN3O6. The zero-order chi connectivity index (χ0) is 23.5. The quantitative estimate of drug-likeness (QED) is 0.343. The van der Waals surface area contributed by atoms with Crippen LogP contribution in [0.5, 0.6) is 23.0 Å². The molecule has 0 saturated heterocycles. The molecule has 2 aromatic carbocycles. The van der Waals surface area contributed by atoms with Crippen molar-refractivity contribution in [3.63, 3.8) is 0 Å². The second kappa shape index (κ2) is 12.9. The van der Waals surface area contributed by atoms with E-state index < -0.39 is 0 Å². The third kappa shape index (κ3) is 7.83. The Bertz CT molecular complexity index is 956. The number of hydrogen-bond donors (Lipinski definition) is 3. The minimum absolute atomic E-state index is 0.0787. The number of fused-ring (bicyclic) bond motifs is 2. The largest absolute Gasteiger partial charge is 0.493 e. The van der Waals surface area contributed by atoms with Gasteiger partial charge in [-0.15, -0.1) is 0 Å². The highest BCUT2D eigenvalue weighted by atomic mass is 79.9. The maximum atomic E-state index is 11.2. The molecule has 0 aromatic heterocycles. The van der Waals surface area contributed by atoms with Gasteiger partial charge in [-0.3, -0.25) is 9.59 Å². The molecule has 2 aromatic rings. The fourth-order valence-corrected chi connectivity index (χ4v) is 3.22. The summed E-state index contributed by atoms with van der Waals surface area (Å²) in [6.45, 7) is 2.38. The van der Waals surface area contributed by atoms with E-state index in [2.05, 4.69) is 31.9 Å². The predicted octanol–water partition coefficient (Wildman–Crippen LogP) is 3.19. The van der Waals surface area contributed by atoms with Crippen LogP contribution in [-0.4, -0.2) is 57.2 Å². The average molecular weight is 522 g/mol. The Morgan fingerprint density at radius 2 is 1.39 bits per heavy atom. The lowest BCUT2D eigenvalue weighted by atomic mass is 10.2. The first-order valence-corrected chi connectivity index (χ1v) is 11.8. The van der Waals surface area contributed by atoms with Crippen LogP contribution < -0.4 is 34.9 Å². The van der Waals surface area contributed by atoms with Crippen LogP contribution in [-0.2, 0) is 9.59 Å². The summed E-state index contributed by atoms with van der Waals surface area (Å²) in [5, 5.41) is 9.45. The minimum atomic E-state index is -0.134. The Kier molecular flexibility index (Phi) is 9.64. The van der Waals surface area contributed by atoms with Crippen LogP contribution in [0.3, 0.4) is 0 Å². The summed E-state index contributed by atoms with van der Waals surface area (Å²) in [5.41, 5.74) is 1.35. The summed E-state index contributed by atoms with van der Waals surface area (Å²) in [6, 6.07) is 10.9. The van der Waals surface area contributed by atoms with Crippen LogP contribution in [0.15, 0.2) is 36.4 Å². The van der Waals surface area contributed by atoms with Crippen molar-refractivity contribution < 1.29 is 28.5 Å². The molecule has 0 bridgehead atoms. The van der Waals surface area contributed by atoms with Gasteiger partial charge in [0.15, 0.2) is 13.2 Å². The fourth-order valence-electron chi connectivity index (χ4n) is 2.99. The van der Waals surface area contributed by atoms with Gasteiger partial charge in [0.2, 0.25) is 0 Å². The lowest BCUT2D eigenvalue weighted by Crippen LogP contribution is -2.25. The molecule has 4 rings (SSSR count). The molecule has 0 saturated carbocycles. The van der Waals surface area contributed by atoms with E-state index in [1.54, 1.807) is 18.2 Å². The molecule has 3 N–H and O–H groups in total. The van der Waals surface area contributed by atoms with Crippen LogP contribution in [0.25, 0.3) is 0 Å². The van der Waals surface area contributed by atoms with Gasteiger partial charge in [-0.1, -0.05) is 15.9 Å². The van der Waals surface area contributed by atoms with Gasteiger partial charge >= 0.3 is 0 Å². The highest BCUT2D eigenvalue weighted by molar-refractivity contribution is 9.09. The van der Waals surface area contributed by atoms with Crippen molar-refractivity contribution in [2.45, 2.75) is 12.8 Å². The first-order valence-electron chi connectivity index (χ1n) is 10.7. The lowest BCUT2D eigenvalue weighted by Gasteiger charge is -2.18. The molecule has 0 fully saturated rings. The minimum Gasteiger partial charge on any atom is -0.493 e. The monoisotopic (exact) mass is 521 g/mol. The number of amides is 2. The van der Waals surface area contributed by atoms with Crippen molar-refractivity contribution in [2.24, 2.45) is 0 Å². The highest BCUT2D eigenvalue weighted by Gasteiger charge is 2.17. The summed E-state index contributed by atoms with van der Waals surface area (Å²) in [5.74, 6) is 2.59. The zero-order valence-corrected chi connectivity index (χ0v) is 20.0. The first kappa shape index (κ1) is 24.7. The Morgan fingerprint density at radius 3 is 1.88 bits per heavy atom. The van der Waals surface area contributed by atoms with Crippen molar-refractivity contribution in [2.75, 3.05) is 56.0 Å². The number of halogens is 1. The van der Waals surface area contributed by atoms with E-state index in [9.17, 15) is 9.59 Å². The molecule has 33 heavy (non-hydrogen) atoms. The van der Waals surface area contributed by atoms with E-state index >= 15 is 0 Å². The summed E-state index contributed by atoms with van der Waals surface area (Å²) >= 11 is 3.33. The van der Waals surface area contributed by atoms with Gasteiger partial charge in [-0.2, -0.15) is 0 Å². The van der Waals surface area contributed by atoms with Gasteiger partial charge < -0.3 is 34.9 Å². The van der Waals surface area contributed by atoms with Crippen LogP contribution in [0.2, 0.25) is 0 Å². The van der Waals surface area contributed by atoms with Gasteiger partial charge in [0, 0.05) is 17.5 Å². The highest BCUT2D eigenvalue weighted by Crippen LogP contribution is 2.32. The SMILES string of the molecule is CNCCCOc1ccc2c(c1)NC(=O)CO2.O=C1COc2ccc(OCCCBr)cc2N1. The van der Waals surface area contributed by atoms with Crippen molar-refractivity contribution in [1.82, 2.24) is 5.32 Å². The summed E-state index contributed by atoms with van der Waals surface area (Å²) < 4.78 is 21.6. The number of nitrogens with one attached hydrogen (secondary N) is 3. The molecule has 2 amide bonds. The number of anilines is 2. The van der Waals surface area contributed by atoms with Gasteiger partial charge in [0.05, 0.1) is 24.6 Å². The molecule has 2 heterocycles. The maximum Gasteiger partial charge on any atom is 0.262 e. The molecular weight excluding hydrogens is 494 g/mol. The molecule has 2 aliphatic rings. The van der Waals surface area contributed by atoms with Crippen molar-refractivity contribution in [3.8, 4) is 23.0 Å². The number of rotatable bonds is 9. The van der Waals surface area contributed by atoms with Crippen LogP contribution in [0.4, 0.5) is 11.4 Å². The second-order valence-corrected chi connectivity index (χ2v) is 7.98. The lowest BCUT2D eigenvalue weighted by molar-refractivity contribution is -0.119. The second-order valence-electron chi connectivity index (χ2n) is 7.19. The van der Waals surface area contributed by atoms with E-state index in [0.717, 1.165) is 36.2 Å². The van der Waals surface area contributed by atoms with Crippen LogP contribution in [0.1, 0.15) is 12.8 Å². The summed E-state index contributed by atoms with van der Waals surface area (Å²) in [7, 11) is 1.91. The molecule has 0 aliphatic carbocycles. The summed E-state index contributed by atoms with van der Waals surface area (Å²) in [4.78, 5) is 22.3. The number of hydrogen-bond acceptors (Lipinski definition) is 7. The molecule has 0 radical (unpaired) electrons. The molecule has 0 unspecified atom stereocenters. The van der Waals surface area contributed by atoms with Crippen LogP contribution >= 0.6 is 15.9 Å². The third-order valence-corrected chi connectivity index (χ3v) is 5.12. The van der Waals surface area contributed by atoms with Crippen molar-refractivity contribution in [3.05, 3.63) is 36.4 Å². The topological polar surface area (TPSA) is 107 Å². The van der Waals surface area contributed by atoms with Crippen molar-refractivity contribution in [1.29, 1.82) is 0 Å². The normalized spacial score (nSPS) is 13.6. The Labute approximate surface area is 201 Å². The molecule has 9 nitrogen and oxygen atoms in total. The Hall–Kier alpha value is -2.98.